The number of nitrogens with zero attached hydrogens (tertiary/aromatic N) is 2. The largest absolute Gasteiger partial charge is 0.462 e. The Bertz CT molecular complexity index is 607. The Balaban J connectivity index is 2.32. The summed E-state index contributed by atoms with van der Waals surface area (Å²) >= 11 is 0. The van der Waals surface area contributed by atoms with Crippen LogP contribution >= 0.6 is 0 Å². The lowest BCUT2D eigenvalue weighted by Crippen LogP contribution is -2.09. The lowest BCUT2D eigenvalue weighted by atomic mass is 10.1. The summed E-state index contributed by atoms with van der Waals surface area (Å²) in [5.74, 6) is -0.398. The molecule has 2 aromatic rings. The first-order chi connectivity index (χ1) is 9.65. The molecule has 0 aliphatic heterocycles. The number of aryl methyl sites for hydroxylation is 1. The van der Waals surface area contributed by atoms with Gasteiger partial charge in [-0.3, -0.25) is 4.68 Å². The molecular weight excluding hydrogens is 256 g/mol. The smallest absolute Gasteiger partial charge is 0.340 e. The van der Waals surface area contributed by atoms with Crippen molar-refractivity contribution in [1.29, 1.82) is 0 Å². The van der Waals surface area contributed by atoms with Crippen molar-refractivity contribution in [3.63, 3.8) is 0 Å². The number of hydrogen-bond donors (Lipinski definition) is 2. The normalized spacial score (nSPS) is 10.3. The lowest BCUT2D eigenvalue weighted by molar-refractivity contribution is 0.0527. The van der Waals surface area contributed by atoms with E-state index in [9.17, 15) is 4.79 Å². The number of para-hydroxylation sites is 1. The molecule has 0 bridgehead atoms. The van der Waals surface area contributed by atoms with Crippen LogP contribution in [0.2, 0.25) is 0 Å². The molecule has 0 fully saturated rings. The molecule has 0 atom stereocenters. The third-order valence-corrected chi connectivity index (χ3v) is 2.82. The average molecular weight is 274 g/mol. The van der Waals surface area contributed by atoms with Crippen LogP contribution in [0, 0.1) is 0 Å². The number of rotatable bonds is 5. The van der Waals surface area contributed by atoms with Gasteiger partial charge in [0.15, 0.2) is 0 Å². The molecule has 106 valence electrons. The zero-order chi connectivity index (χ0) is 14.5. The number of carbonyl (C=O) groups is 1. The molecule has 1 aromatic carbocycles. The molecule has 1 aromatic heterocycles. The van der Waals surface area contributed by atoms with Gasteiger partial charge in [0, 0.05) is 12.7 Å². The SMILES string of the molecule is CCOC(=O)c1cccc(N)c1Nc1cnn(CC)c1. The third kappa shape index (κ3) is 2.90. The second-order valence-electron chi connectivity index (χ2n) is 4.20. The van der Waals surface area contributed by atoms with Crippen molar-refractivity contribution in [3.8, 4) is 0 Å². The van der Waals surface area contributed by atoms with Gasteiger partial charge in [-0.05, 0) is 26.0 Å². The molecule has 0 saturated heterocycles. The van der Waals surface area contributed by atoms with Crippen molar-refractivity contribution in [2.45, 2.75) is 20.4 Å². The topological polar surface area (TPSA) is 82.2 Å². The number of benzene rings is 1. The minimum absolute atomic E-state index is 0.320. The summed E-state index contributed by atoms with van der Waals surface area (Å²) in [6.45, 7) is 4.86. The molecule has 2 rings (SSSR count). The van der Waals surface area contributed by atoms with E-state index in [1.807, 2.05) is 13.1 Å². The minimum atomic E-state index is -0.398. The molecule has 0 unspecified atom stereocenters. The fraction of sp³-hybridized carbons (Fsp3) is 0.286. The number of nitrogen functional groups attached to an aromatic ring is 1. The van der Waals surface area contributed by atoms with Crippen molar-refractivity contribution in [1.82, 2.24) is 9.78 Å². The predicted molar refractivity (Wildman–Crippen MR) is 78.0 cm³/mol. The quantitative estimate of drug-likeness (QED) is 0.646. The second-order valence-corrected chi connectivity index (χ2v) is 4.20. The van der Waals surface area contributed by atoms with Gasteiger partial charge in [-0.2, -0.15) is 5.10 Å². The summed E-state index contributed by atoms with van der Waals surface area (Å²) in [5, 5.41) is 7.29. The highest BCUT2D eigenvalue weighted by Gasteiger charge is 2.15. The number of aromatic nitrogens is 2. The van der Waals surface area contributed by atoms with Crippen LogP contribution in [-0.2, 0) is 11.3 Å². The molecular formula is C14H18N4O2. The fourth-order valence-corrected chi connectivity index (χ4v) is 1.83. The van der Waals surface area contributed by atoms with Crippen LogP contribution in [0.25, 0.3) is 0 Å². The first-order valence-electron chi connectivity index (χ1n) is 6.50. The van der Waals surface area contributed by atoms with Gasteiger partial charge in [-0.1, -0.05) is 6.07 Å². The van der Waals surface area contributed by atoms with Gasteiger partial charge < -0.3 is 15.8 Å². The van der Waals surface area contributed by atoms with Crippen LogP contribution in [0.5, 0.6) is 0 Å². The van der Waals surface area contributed by atoms with Crippen molar-refractivity contribution < 1.29 is 9.53 Å². The fourth-order valence-electron chi connectivity index (χ4n) is 1.83. The van der Waals surface area contributed by atoms with Gasteiger partial charge in [-0.15, -0.1) is 0 Å². The maximum atomic E-state index is 11.9. The Morgan fingerprint density at radius 1 is 1.45 bits per heavy atom. The van der Waals surface area contributed by atoms with E-state index in [1.165, 1.54) is 0 Å². The molecule has 3 N–H and O–H groups in total. The predicted octanol–water partition coefficient (Wildman–Crippen LogP) is 2.41. The summed E-state index contributed by atoms with van der Waals surface area (Å²) in [4.78, 5) is 11.9. The van der Waals surface area contributed by atoms with Crippen molar-refractivity contribution in [2.24, 2.45) is 0 Å². The summed E-state index contributed by atoms with van der Waals surface area (Å²) in [6, 6.07) is 5.14. The molecule has 1 heterocycles. The molecule has 6 heteroatoms. The van der Waals surface area contributed by atoms with Crippen LogP contribution in [0.1, 0.15) is 24.2 Å². The molecule has 20 heavy (non-hydrogen) atoms. The number of hydrogen-bond acceptors (Lipinski definition) is 5. The third-order valence-electron chi connectivity index (χ3n) is 2.82. The number of anilines is 3. The van der Waals surface area contributed by atoms with E-state index in [1.54, 1.807) is 36.0 Å². The van der Waals surface area contributed by atoms with E-state index < -0.39 is 5.97 Å². The van der Waals surface area contributed by atoms with Crippen LogP contribution < -0.4 is 11.1 Å². The standard InChI is InChI=1S/C14H18N4O2/c1-3-18-9-10(8-16-18)17-13-11(14(19)20-4-2)6-5-7-12(13)15/h5-9,17H,3-4,15H2,1-2H3. The lowest BCUT2D eigenvalue weighted by Gasteiger charge is -2.12. The van der Waals surface area contributed by atoms with Gasteiger partial charge in [0.05, 0.1) is 35.4 Å². The number of nitrogens with one attached hydrogen (secondary N) is 1. The Kier molecular flexibility index (Phi) is 4.24. The zero-order valence-corrected chi connectivity index (χ0v) is 11.6. The van der Waals surface area contributed by atoms with Crippen LogP contribution in [0.3, 0.4) is 0 Å². The average Bonchev–Trinajstić information content (AvgIpc) is 2.89. The monoisotopic (exact) mass is 274 g/mol. The van der Waals surface area contributed by atoms with Gasteiger partial charge in [-0.25, -0.2) is 4.79 Å². The number of esters is 1. The molecule has 6 nitrogen and oxygen atoms in total. The maximum absolute atomic E-state index is 11.9. The highest BCUT2D eigenvalue weighted by Crippen LogP contribution is 2.27. The Morgan fingerprint density at radius 3 is 2.90 bits per heavy atom. The minimum Gasteiger partial charge on any atom is -0.462 e. The Morgan fingerprint density at radius 2 is 2.25 bits per heavy atom. The van der Waals surface area contributed by atoms with E-state index in [0.717, 1.165) is 12.2 Å². The van der Waals surface area contributed by atoms with E-state index in [-0.39, 0.29) is 0 Å². The van der Waals surface area contributed by atoms with E-state index in [2.05, 4.69) is 10.4 Å². The molecule has 0 aliphatic rings. The van der Waals surface area contributed by atoms with Gasteiger partial charge in [0.2, 0.25) is 0 Å². The molecule has 0 aliphatic carbocycles. The number of carbonyl (C=O) groups excluding carboxylic acids is 1. The van der Waals surface area contributed by atoms with E-state index in [4.69, 9.17) is 10.5 Å². The molecule has 0 spiro atoms. The summed E-state index contributed by atoms with van der Waals surface area (Å²) in [7, 11) is 0. The molecule has 0 saturated carbocycles. The highest BCUT2D eigenvalue weighted by molar-refractivity contribution is 5.99. The van der Waals surface area contributed by atoms with Gasteiger partial charge >= 0.3 is 5.97 Å². The first kappa shape index (κ1) is 13.9. The summed E-state index contributed by atoms with van der Waals surface area (Å²) < 4.78 is 6.82. The zero-order valence-electron chi connectivity index (χ0n) is 11.6. The summed E-state index contributed by atoms with van der Waals surface area (Å²) in [5.41, 5.74) is 8.16. The highest BCUT2D eigenvalue weighted by atomic mass is 16.5. The number of nitrogens with two attached hydrogens (primary N) is 1. The summed E-state index contributed by atoms with van der Waals surface area (Å²) in [6.07, 6.45) is 3.53. The first-order valence-corrected chi connectivity index (χ1v) is 6.50. The van der Waals surface area contributed by atoms with Gasteiger partial charge in [0.1, 0.15) is 0 Å². The second kappa shape index (κ2) is 6.10. The van der Waals surface area contributed by atoms with Gasteiger partial charge in [0.25, 0.3) is 0 Å². The Labute approximate surface area is 117 Å². The molecule has 0 amide bonds. The van der Waals surface area contributed by atoms with Crippen molar-refractivity contribution in [2.75, 3.05) is 17.7 Å². The van der Waals surface area contributed by atoms with Crippen molar-refractivity contribution in [3.05, 3.63) is 36.2 Å². The van der Waals surface area contributed by atoms with E-state index in [0.29, 0.717) is 23.5 Å². The van der Waals surface area contributed by atoms with Crippen LogP contribution in [0.4, 0.5) is 17.1 Å². The van der Waals surface area contributed by atoms with Crippen molar-refractivity contribution >= 4 is 23.0 Å². The molecule has 0 radical (unpaired) electrons. The Hall–Kier alpha value is -2.50. The number of ether oxygens (including phenoxy) is 1. The maximum Gasteiger partial charge on any atom is 0.340 e. The van der Waals surface area contributed by atoms with Crippen LogP contribution in [-0.4, -0.2) is 22.4 Å². The van der Waals surface area contributed by atoms with Crippen LogP contribution in [0.15, 0.2) is 30.6 Å². The van der Waals surface area contributed by atoms with E-state index >= 15 is 0 Å².